The molecule has 1 aromatic heterocycles. The standard InChI is InChI=1S/C19H24N4O3S/c1-21(17-7-3-2-4-8-17)27(25,26)16-10-19(24)23-14-12-22(13-15-23)18-9-5-6-11-20-18/h2-9,11H,10,12-16H2,1H3. The molecule has 0 N–H and O–H groups in total. The first-order valence-corrected chi connectivity index (χ1v) is 10.5. The summed E-state index contributed by atoms with van der Waals surface area (Å²) in [5.41, 5.74) is 0.592. The van der Waals surface area contributed by atoms with Crippen LogP contribution < -0.4 is 9.21 Å². The van der Waals surface area contributed by atoms with Crippen LogP contribution in [0.2, 0.25) is 0 Å². The van der Waals surface area contributed by atoms with Crippen molar-refractivity contribution in [1.29, 1.82) is 0 Å². The number of sulfonamides is 1. The minimum Gasteiger partial charge on any atom is -0.353 e. The quantitative estimate of drug-likeness (QED) is 0.751. The zero-order chi connectivity index (χ0) is 19.3. The van der Waals surface area contributed by atoms with Crippen molar-refractivity contribution in [3.63, 3.8) is 0 Å². The normalized spacial score (nSPS) is 14.9. The van der Waals surface area contributed by atoms with Crippen LogP contribution in [0.25, 0.3) is 0 Å². The van der Waals surface area contributed by atoms with Gasteiger partial charge in [0.15, 0.2) is 0 Å². The maximum atomic E-state index is 12.5. The molecular formula is C19H24N4O3S. The van der Waals surface area contributed by atoms with Gasteiger partial charge in [-0.2, -0.15) is 0 Å². The summed E-state index contributed by atoms with van der Waals surface area (Å²) in [6, 6.07) is 14.6. The molecule has 0 radical (unpaired) electrons. The Kier molecular flexibility index (Phi) is 5.95. The number of carbonyl (C=O) groups is 1. The number of piperazine rings is 1. The summed E-state index contributed by atoms with van der Waals surface area (Å²) in [6.45, 7) is 2.53. The van der Waals surface area contributed by atoms with Crippen molar-refractivity contribution in [2.45, 2.75) is 6.42 Å². The highest BCUT2D eigenvalue weighted by Crippen LogP contribution is 2.17. The first-order chi connectivity index (χ1) is 13.0. The molecule has 0 unspecified atom stereocenters. The number of aromatic nitrogens is 1. The van der Waals surface area contributed by atoms with E-state index in [9.17, 15) is 13.2 Å². The number of para-hydroxylation sites is 1. The Balaban J connectivity index is 1.51. The van der Waals surface area contributed by atoms with E-state index in [4.69, 9.17) is 0 Å². The van der Waals surface area contributed by atoms with Crippen molar-refractivity contribution in [2.24, 2.45) is 0 Å². The first-order valence-electron chi connectivity index (χ1n) is 8.93. The van der Waals surface area contributed by atoms with Gasteiger partial charge in [-0.1, -0.05) is 24.3 Å². The van der Waals surface area contributed by atoms with Gasteiger partial charge in [-0.25, -0.2) is 13.4 Å². The predicted molar refractivity (Wildman–Crippen MR) is 106 cm³/mol. The van der Waals surface area contributed by atoms with Gasteiger partial charge in [-0.05, 0) is 24.3 Å². The third-order valence-electron chi connectivity index (χ3n) is 4.72. The molecule has 1 fully saturated rings. The van der Waals surface area contributed by atoms with Gasteiger partial charge >= 0.3 is 0 Å². The third-order valence-corrected chi connectivity index (χ3v) is 6.48. The monoisotopic (exact) mass is 388 g/mol. The van der Waals surface area contributed by atoms with Crippen molar-refractivity contribution in [3.8, 4) is 0 Å². The Morgan fingerprint density at radius 3 is 2.33 bits per heavy atom. The van der Waals surface area contributed by atoms with Crippen molar-refractivity contribution in [3.05, 3.63) is 54.7 Å². The average Bonchev–Trinajstić information content (AvgIpc) is 2.73. The summed E-state index contributed by atoms with van der Waals surface area (Å²) >= 11 is 0. The minimum atomic E-state index is -3.54. The summed E-state index contributed by atoms with van der Waals surface area (Å²) in [5, 5.41) is 0. The molecule has 3 rings (SSSR count). The van der Waals surface area contributed by atoms with Gasteiger partial charge in [0.1, 0.15) is 5.82 Å². The smallest absolute Gasteiger partial charge is 0.235 e. The van der Waals surface area contributed by atoms with Crippen molar-refractivity contribution in [2.75, 3.05) is 48.2 Å². The van der Waals surface area contributed by atoms with E-state index in [0.717, 1.165) is 5.82 Å². The molecule has 144 valence electrons. The molecule has 7 nitrogen and oxygen atoms in total. The number of nitrogens with zero attached hydrogens (tertiary/aromatic N) is 4. The van der Waals surface area contributed by atoms with Gasteiger partial charge in [-0.3, -0.25) is 9.10 Å². The summed E-state index contributed by atoms with van der Waals surface area (Å²) in [5.74, 6) is 0.579. The van der Waals surface area contributed by atoms with Crippen molar-refractivity contribution < 1.29 is 13.2 Å². The SMILES string of the molecule is CN(c1ccccc1)S(=O)(=O)CCC(=O)N1CCN(c2ccccn2)CC1. The molecule has 0 aliphatic carbocycles. The largest absolute Gasteiger partial charge is 0.353 e. The number of hydrogen-bond donors (Lipinski definition) is 0. The van der Waals surface area contributed by atoms with E-state index in [1.165, 1.54) is 11.4 Å². The van der Waals surface area contributed by atoms with Crippen LogP contribution in [0.3, 0.4) is 0 Å². The molecule has 2 heterocycles. The predicted octanol–water partition coefficient (Wildman–Crippen LogP) is 1.59. The number of benzene rings is 1. The Labute approximate surface area is 160 Å². The molecule has 0 bridgehead atoms. The summed E-state index contributed by atoms with van der Waals surface area (Å²) in [4.78, 5) is 20.6. The fraction of sp³-hybridized carbons (Fsp3) is 0.368. The number of amides is 1. The van der Waals surface area contributed by atoms with Crippen molar-refractivity contribution >= 4 is 27.4 Å². The average molecular weight is 388 g/mol. The minimum absolute atomic E-state index is 0.0108. The van der Waals surface area contributed by atoms with Crippen LogP contribution in [0.5, 0.6) is 0 Å². The van der Waals surface area contributed by atoms with Gasteiger partial charge in [0.25, 0.3) is 0 Å². The second kappa shape index (κ2) is 8.39. The third kappa shape index (κ3) is 4.77. The topological polar surface area (TPSA) is 73.8 Å². The van der Waals surface area contributed by atoms with E-state index in [-0.39, 0.29) is 18.1 Å². The Hall–Kier alpha value is -2.61. The highest BCUT2D eigenvalue weighted by Gasteiger charge is 2.25. The molecule has 0 saturated carbocycles. The Morgan fingerprint density at radius 2 is 1.70 bits per heavy atom. The number of pyridine rings is 1. The maximum absolute atomic E-state index is 12.5. The van der Waals surface area contributed by atoms with Crippen LogP contribution in [-0.2, 0) is 14.8 Å². The van der Waals surface area contributed by atoms with Gasteiger partial charge in [-0.15, -0.1) is 0 Å². The van der Waals surface area contributed by atoms with Crippen LogP contribution in [-0.4, -0.2) is 63.2 Å². The summed E-state index contributed by atoms with van der Waals surface area (Å²) in [7, 11) is -2.02. The Bertz CT molecular complexity index is 851. The summed E-state index contributed by atoms with van der Waals surface area (Å²) in [6.07, 6.45) is 1.74. The Morgan fingerprint density at radius 1 is 1.04 bits per heavy atom. The van der Waals surface area contributed by atoms with Crippen LogP contribution in [0.4, 0.5) is 11.5 Å². The number of hydrogen-bond acceptors (Lipinski definition) is 5. The van der Waals surface area contributed by atoms with Gasteiger partial charge in [0, 0.05) is 45.8 Å². The summed E-state index contributed by atoms with van der Waals surface area (Å²) < 4.78 is 26.2. The highest BCUT2D eigenvalue weighted by molar-refractivity contribution is 7.92. The lowest BCUT2D eigenvalue weighted by Crippen LogP contribution is -2.49. The first kappa shape index (κ1) is 19.2. The molecule has 1 aromatic carbocycles. The van der Waals surface area contributed by atoms with E-state index < -0.39 is 10.0 Å². The number of rotatable bonds is 6. The molecule has 1 aliphatic rings. The molecule has 2 aromatic rings. The molecule has 1 aliphatic heterocycles. The molecule has 8 heteroatoms. The van der Waals surface area contributed by atoms with Crippen LogP contribution >= 0.6 is 0 Å². The van der Waals surface area contributed by atoms with Crippen LogP contribution in [0.1, 0.15) is 6.42 Å². The van der Waals surface area contributed by atoms with E-state index in [1.807, 2.05) is 24.3 Å². The highest BCUT2D eigenvalue weighted by atomic mass is 32.2. The van der Waals surface area contributed by atoms with E-state index >= 15 is 0 Å². The van der Waals surface area contributed by atoms with E-state index in [2.05, 4.69) is 9.88 Å². The van der Waals surface area contributed by atoms with Gasteiger partial charge in [0.2, 0.25) is 15.9 Å². The van der Waals surface area contributed by atoms with E-state index in [0.29, 0.717) is 31.9 Å². The zero-order valence-corrected chi connectivity index (χ0v) is 16.2. The van der Waals surface area contributed by atoms with E-state index in [1.54, 1.807) is 35.4 Å². The second-order valence-corrected chi connectivity index (χ2v) is 8.54. The number of carbonyl (C=O) groups excluding carboxylic acids is 1. The number of anilines is 2. The van der Waals surface area contributed by atoms with Crippen LogP contribution in [0.15, 0.2) is 54.7 Å². The molecule has 0 spiro atoms. The molecule has 1 amide bonds. The van der Waals surface area contributed by atoms with Gasteiger partial charge in [0.05, 0.1) is 11.4 Å². The zero-order valence-electron chi connectivity index (χ0n) is 15.4. The fourth-order valence-corrected chi connectivity index (χ4v) is 4.18. The second-order valence-electron chi connectivity index (χ2n) is 6.42. The molecule has 1 saturated heterocycles. The lowest BCUT2D eigenvalue weighted by atomic mass is 10.3. The fourth-order valence-electron chi connectivity index (χ4n) is 3.04. The lowest BCUT2D eigenvalue weighted by Gasteiger charge is -2.35. The van der Waals surface area contributed by atoms with Gasteiger partial charge < -0.3 is 9.80 Å². The molecule has 0 atom stereocenters. The maximum Gasteiger partial charge on any atom is 0.235 e. The van der Waals surface area contributed by atoms with Crippen LogP contribution in [0, 0.1) is 0 Å². The lowest BCUT2D eigenvalue weighted by molar-refractivity contribution is -0.131. The molecular weight excluding hydrogens is 364 g/mol. The van der Waals surface area contributed by atoms with Crippen molar-refractivity contribution in [1.82, 2.24) is 9.88 Å². The molecule has 27 heavy (non-hydrogen) atoms.